The van der Waals surface area contributed by atoms with Crippen molar-refractivity contribution in [1.29, 1.82) is 0 Å². The summed E-state index contributed by atoms with van der Waals surface area (Å²) >= 11 is 3.16. The molecule has 0 amide bonds. The van der Waals surface area contributed by atoms with Gasteiger partial charge in [-0.25, -0.2) is 0 Å². The van der Waals surface area contributed by atoms with Gasteiger partial charge in [0.1, 0.15) is 11.2 Å². The van der Waals surface area contributed by atoms with Gasteiger partial charge in [-0.15, -0.1) is 22.7 Å². The predicted octanol–water partition coefficient (Wildman–Crippen LogP) is 3.61. The summed E-state index contributed by atoms with van der Waals surface area (Å²) in [6.07, 6.45) is 8.04. The van der Waals surface area contributed by atoms with Crippen molar-refractivity contribution in [2.45, 2.75) is 26.5 Å². The number of nitrogens with zero attached hydrogens (tertiary/aromatic N) is 3. The number of hydrogen-bond acceptors (Lipinski definition) is 6. The summed E-state index contributed by atoms with van der Waals surface area (Å²) < 4.78 is 6.08. The van der Waals surface area contributed by atoms with Gasteiger partial charge in [0, 0.05) is 12.1 Å². The Morgan fingerprint density at radius 2 is 2.16 bits per heavy atom. The Hall–Kier alpha value is -1.40. The molecule has 19 heavy (non-hydrogen) atoms. The molecule has 0 saturated carbocycles. The Morgan fingerprint density at radius 3 is 2.79 bits per heavy atom. The zero-order chi connectivity index (χ0) is 13.2. The van der Waals surface area contributed by atoms with E-state index in [9.17, 15) is 0 Å². The lowest BCUT2D eigenvalue weighted by Crippen LogP contribution is -2.33. The molecule has 99 valence electrons. The SMILES string of the molecule is CCC(C)C1OC(c2cncs2)=[C]N1c1cncs1. The van der Waals surface area contributed by atoms with Crippen molar-refractivity contribution < 1.29 is 4.74 Å². The standard InChI is InChI=1S/C13H14N3OS2/c1-3-9(2)13-16(12-5-15-8-19-12)6-10(17-13)11-4-14-7-18-11/h4-5,7-9,13H,3H2,1-2H3. The number of hydrogen-bond donors (Lipinski definition) is 0. The number of rotatable bonds is 4. The van der Waals surface area contributed by atoms with Crippen molar-refractivity contribution >= 4 is 33.4 Å². The van der Waals surface area contributed by atoms with Gasteiger partial charge in [0.2, 0.25) is 0 Å². The van der Waals surface area contributed by atoms with Crippen LogP contribution in [-0.2, 0) is 4.74 Å². The van der Waals surface area contributed by atoms with Crippen LogP contribution in [0.25, 0.3) is 5.76 Å². The third-order valence-corrected chi connectivity index (χ3v) is 4.70. The zero-order valence-corrected chi connectivity index (χ0v) is 12.4. The maximum atomic E-state index is 6.08. The molecule has 3 rings (SSSR count). The molecule has 2 atom stereocenters. The molecule has 0 spiro atoms. The molecule has 3 heterocycles. The molecule has 0 saturated heterocycles. The average molecular weight is 292 g/mol. The summed E-state index contributed by atoms with van der Waals surface area (Å²) in [7, 11) is 0. The highest BCUT2D eigenvalue weighted by molar-refractivity contribution is 7.13. The summed E-state index contributed by atoms with van der Waals surface area (Å²) in [5.74, 6) is 1.20. The third kappa shape index (κ3) is 2.37. The second-order valence-electron chi connectivity index (χ2n) is 4.41. The largest absolute Gasteiger partial charge is 0.466 e. The van der Waals surface area contributed by atoms with Crippen molar-refractivity contribution in [2.24, 2.45) is 5.92 Å². The fourth-order valence-corrected chi connectivity index (χ4v) is 3.07. The van der Waals surface area contributed by atoms with Gasteiger partial charge in [-0.05, 0) is 6.42 Å². The fourth-order valence-electron chi connectivity index (χ4n) is 1.89. The van der Waals surface area contributed by atoms with E-state index in [1.807, 2.05) is 17.9 Å². The minimum Gasteiger partial charge on any atom is -0.466 e. The van der Waals surface area contributed by atoms with Gasteiger partial charge in [0.15, 0.2) is 12.0 Å². The Kier molecular flexibility index (Phi) is 3.52. The Bertz CT molecular complexity index is 550. The normalized spacial score (nSPS) is 20.2. The van der Waals surface area contributed by atoms with Crippen molar-refractivity contribution in [3.63, 3.8) is 0 Å². The molecule has 2 unspecified atom stereocenters. The van der Waals surface area contributed by atoms with Crippen LogP contribution in [0, 0.1) is 12.1 Å². The van der Waals surface area contributed by atoms with E-state index in [1.54, 1.807) is 28.2 Å². The maximum absolute atomic E-state index is 6.08. The van der Waals surface area contributed by atoms with E-state index in [1.165, 1.54) is 0 Å². The van der Waals surface area contributed by atoms with Crippen molar-refractivity contribution in [3.05, 3.63) is 34.5 Å². The van der Waals surface area contributed by atoms with Gasteiger partial charge in [0.05, 0.1) is 22.1 Å². The van der Waals surface area contributed by atoms with Crippen LogP contribution in [-0.4, -0.2) is 16.2 Å². The maximum Gasteiger partial charge on any atom is 0.180 e. The van der Waals surface area contributed by atoms with E-state index in [0.29, 0.717) is 5.92 Å². The molecule has 2 aromatic heterocycles. The summed E-state index contributed by atoms with van der Waals surface area (Å²) in [4.78, 5) is 11.3. The van der Waals surface area contributed by atoms with Crippen molar-refractivity contribution in [2.75, 3.05) is 4.90 Å². The lowest BCUT2D eigenvalue weighted by molar-refractivity contribution is 0.133. The molecule has 0 N–H and O–H groups in total. The van der Waals surface area contributed by atoms with Crippen LogP contribution in [0.5, 0.6) is 0 Å². The lowest BCUT2D eigenvalue weighted by atomic mass is 10.1. The van der Waals surface area contributed by atoms with Gasteiger partial charge < -0.3 is 4.74 Å². The van der Waals surface area contributed by atoms with Crippen LogP contribution in [0.3, 0.4) is 0 Å². The fraction of sp³-hybridized carbons (Fsp3) is 0.385. The van der Waals surface area contributed by atoms with Gasteiger partial charge in [-0.3, -0.25) is 14.9 Å². The van der Waals surface area contributed by atoms with Crippen molar-refractivity contribution in [1.82, 2.24) is 9.97 Å². The highest BCUT2D eigenvalue weighted by Crippen LogP contribution is 2.36. The zero-order valence-electron chi connectivity index (χ0n) is 10.7. The molecule has 1 aliphatic heterocycles. The first-order valence-corrected chi connectivity index (χ1v) is 7.92. The van der Waals surface area contributed by atoms with Crippen LogP contribution in [0.15, 0.2) is 23.4 Å². The molecular weight excluding hydrogens is 278 g/mol. The van der Waals surface area contributed by atoms with E-state index < -0.39 is 0 Å². The Morgan fingerprint density at radius 1 is 1.37 bits per heavy atom. The molecule has 0 aliphatic carbocycles. The minimum atomic E-state index is -0.0115. The number of thiazole rings is 2. The highest BCUT2D eigenvalue weighted by Gasteiger charge is 2.33. The number of ether oxygens (including phenoxy) is 1. The topological polar surface area (TPSA) is 38.2 Å². The highest BCUT2D eigenvalue weighted by atomic mass is 32.1. The van der Waals surface area contributed by atoms with Crippen molar-refractivity contribution in [3.8, 4) is 0 Å². The van der Waals surface area contributed by atoms with Crippen LogP contribution in [0.1, 0.15) is 25.1 Å². The molecule has 1 aliphatic rings. The summed E-state index contributed by atoms with van der Waals surface area (Å²) in [5, 5.41) is 1.06. The molecule has 0 aromatic carbocycles. The van der Waals surface area contributed by atoms with Crippen LogP contribution in [0.4, 0.5) is 5.00 Å². The summed E-state index contributed by atoms with van der Waals surface area (Å²) in [5.41, 5.74) is 3.64. The first kappa shape index (κ1) is 12.6. The molecule has 0 bridgehead atoms. The first-order chi connectivity index (χ1) is 9.29. The van der Waals surface area contributed by atoms with E-state index in [0.717, 1.165) is 22.1 Å². The smallest absolute Gasteiger partial charge is 0.180 e. The van der Waals surface area contributed by atoms with Crippen LogP contribution < -0.4 is 4.90 Å². The van der Waals surface area contributed by atoms with E-state index >= 15 is 0 Å². The molecule has 0 fully saturated rings. The molecular formula is C13H14N3OS2. The quantitative estimate of drug-likeness (QED) is 0.863. The predicted molar refractivity (Wildman–Crippen MR) is 77.7 cm³/mol. The molecule has 1 radical (unpaired) electrons. The number of anilines is 1. The Balaban J connectivity index is 1.92. The molecule has 4 nitrogen and oxygen atoms in total. The molecule has 2 aromatic rings. The second-order valence-corrected chi connectivity index (χ2v) is 6.16. The van der Waals surface area contributed by atoms with Gasteiger partial charge in [-0.2, -0.15) is 0 Å². The lowest BCUT2D eigenvalue weighted by Gasteiger charge is -2.26. The average Bonchev–Trinajstić information content (AvgIpc) is 3.14. The van der Waals surface area contributed by atoms with E-state index in [2.05, 4.69) is 34.9 Å². The van der Waals surface area contributed by atoms with Crippen LogP contribution >= 0.6 is 22.7 Å². The summed E-state index contributed by atoms with van der Waals surface area (Å²) in [6.45, 7) is 4.36. The van der Waals surface area contributed by atoms with Gasteiger partial charge in [0.25, 0.3) is 0 Å². The minimum absolute atomic E-state index is 0.0115. The first-order valence-electron chi connectivity index (χ1n) is 6.16. The Labute approximate surface area is 120 Å². The van der Waals surface area contributed by atoms with E-state index in [-0.39, 0.29) is 6.23 Å². The van der Waals surface area contributed by atoms with Crippen LogP contribution in [0.2, 0.25) is 0 Å². The number of aromatic nitrogens is 2. The van der Waals surface area contributed by atoms with Gasteiger partial charge in [-0.1, -0.05) is 13.8 Å². The molecule has 6 heteroatoms. The summed E-state index contributed by atoms with van der Waals surface area (Å²) in [6, 6.07) is 0. The second kappa shape index (κ2) is 5.30. The van der Waals surface area contributed by atoms with Gasteiger partial charge >= 0.3 is 0 Å². The third-order valence-electron chi connectivity index (χ3n) is 3.16. The monoisotopic (exact) mass is 292 g/mol. The van der Waals surface area contributed by atoms with E-state index in [4.69, 9.17) is 4.74 Å².